The summed E-state index contributed by atoms with van der Waals surface area (Å²) in [6, 6.07) is 0. The van der Waals surface area contributed by atoms with E-state index in [1.807, 2.05) is 13.0 Å². The van der Waals surface area contributed by atoms with Crippen molar-refractivity contribution in [1.29, 1.82) is 0 Å². The fraction of sp³-hybridized carbons (Fsp3) is 0.750. The molecule has 1 saturated carbocycles. The molecule has 1 rings (SSSR count). The fourth-order valence-electron chi connectivity index (χ4n) is 1.41. The first-order valence-electron chi connectivity index (χ1n) is 3.60. The Balaban J connectivity index is 2.30. The van der Waals surface area contributed by atoms with E-state index in [4.69, 9.17) is 0 Å². The first-order chi connectivity index (χ1) is 4.33. The highest BCUT2D eigenvalue weighted by molar-refractivity contribution is 4.91. The van der Waals surface area contributed by atoms with E-state index in [1.54, 1.807) is 0 Å². The van der Waals surface area contributed by atoms with Gasteiger partial charge in [0.1, 0.15) is 6.17 Å². The summed E-state index contributed by atoms with van der Waals surface area (Å²) in [5, 5.41) is 0. The summed E-state index contributed by atoms with van der Waals surface area (Å²) in [7, 11) is 0. The first-order valence-corrected chi connectivity index (χ1v) is 3.60. The minimum Gasteiger partial charge on any atom is -0.247 e. The van der Waals surface area contributed by atoms with E-state index < -0.39 is 6.17 Å². The van der Waals surface area contributed by atoms with Crippen molar-refractivity contribution < 1.29 is 4.39 Å². The van der Waals surface area contributed by atoms with Gasteiger partial charge in [-0.1, -0.05) is 12.2 Å². The summed E-state index contributed by atoms with van der Waals surface area (Å²) in [5.41, 5.74) is 0. The maximum absolute atomic E-state index is 12.5. The summed E-state index contributed by atoms with van der Waals surface area (Å²) < 4.78 is 12.5. The van der Waals surface area contributed by atoms with Crippen molar-refractivity contribution in [3.05, 3.63) is 12.2 Å². The quantitative estimate of drug-likeness (QED) is 0.476. The lowest BCUT2D eigenvalue weighted by molar-refractivity contribution is 0.337. The summed E-state index contributed by atoms with van der Waals surface area (Å²) in [6.07, 6.45) is 6.18. The van der Waals surface area contributed by atoms with Crippen LogP contribution in [0.2, 0.25) is 0 Å². The van der Waals surface area contributed by atoms with Gasteiger partial charge in [-0.3, -0.25) is 0 Å². The Hall–Kier alpha value is -0.330. The molecule has 1 aliphatic rings. The van der Waals surface area contributed by atoms with E-state index in [1.165, 1.54) is 0 Å². The second-order valence-corrected chi connectivity index (χ2v) is 2.70. The number of halogens is 1. The van der Waals surface area contributed by atoms with Crippen LogP contribution < -0.4 is 0 Å². The third kappa shape index (κ3) is 1.81. The minimum atomic E-state index is -0.522. The highest BCUT2D eigenvalue weighted by Crippen LogP contribution is 2.28. The number of alkyl halides is 1. The van der Waals surface area contributed by atoms with Gasteiger partial charge < -0.3 is 0 Å². The van der Waals surface area contributed by atoms with Crippen molar-refractivity contribution in [2.45, 2.75) is 32.4 Å². The predicted molar refractivity (Wildman–Crippen MR) is 37.1 cm³/mol. The van der Waals surface area contributed by atoms with Crippen LogP contribution in [-0.2, 0) is 0 Å². The Labute approximate surface area is 55.8 Å². The molecule has 0 saturated heterocycles. The van der Waals surface area contributed by atoms with Gasteiger partial charge in [-0.05, 0) is 32.1 Å². The molecule has 9 heavy (non-hydrogen) atoms. The highest BCUT2D eigenvalue weighted by Gasteiger charge is 2.21. The van der Waals surface area contributed by atoms with Crippen LogP contribution in [0.3, 0.4) is 0 Å². The number of hydrogen-bond acceptors (Lipinski definition) is 0. The van der Waals surface area contributed by atoms with Gasteiger partial charge in [0.2, 0.25) is 0 Å². The Morgan fingerprint density at radius 3 is 2.67 bits per heavy atom. The van der Waals surface area contributed by atoms with Gasteiger partial charge in [-0.25, -0.2) is 4.39 Å². The highest BCUT2D eigenvalue weighted by atomic mass is 19.1. The normalized spacial score (nSPS) is 36.2. The molecule has 0 aliphatic heterocycles. The summed E-state index contributed by atoms with van der Waals surface area (Å²) in [5.74, 6) is 0.532. The van der Waals surface area contributed by atoms with Crippen molar-refractivity contribution in [1.82, 2.24) is 0 Å². The van der Waals surface area contributed by atoms with Crippen molar-refractivity contribution in [3.8, 4) is 0 Å². The molecule has 1 aliphatic carbocycles. The number of allylic oxidation sites excluding steroid dienone is 2. The molecule has 0 aromatic carbocycles. The minimum absolute atomic E-state index is 0.522. The van der Waals surface area contributed by atoms with Crippen molar-refractivity contribution >= 4 is 0 Å². The maximum Gasteiger partial charge on any atom is 0.101 e. The lowest BCUT2D eigenvalue weighted by atomic mass is 10.1. The molecule has 52 valence electrons. The molecule has 0 aromatic heterocycles. The molecule has 0 bridgehead atoms. The van der Waals surface area contributed by atoms with Crippen LogP contribution in [0.15, 0.2) is 12.2 Å². The van der Waals surface area contributed by atoms with Gasteiger partial charge in [0.15, 0.2) is 0 Å². The topological polar surface area (TPSA) is 0 Å². The SMILES string of the molecule is CC=CC1CCC(F)C1. The van der Waals surface area contributed by atoms with Gasteiger partial charge in [-0.15, -0.1) is 0 Å². The number of hydrogen-bond donors (Lipinski definition) is 0. The average Bonchev–Trinajstić information content (AvgIpc) is 2.17. The van der Waals surface area contributed by atoms with Crippen molar-refractivity contribution in [2.24, 2.45) is 5.92 Å². The number of rotatable bonds is 1. The zero-order valence-corrected chi connectivity index (χ0v) is 5.81. The van der Waals surface area contributed by atoms with E-state index in [0.29, 0.717) is 5.92 Å². The molecule has 0 aromatic rings. The molecule has 0 amide bonds. The van der Waals surface area contributed by atoms with Gasteiger partial charge in [0, 0.05) is 0 Å². The largest absolute Gasteiger partial charge is 0.247 e. The van der Waals surface area contributed by atoms with Gasteiger partial charge in [0.25, 0.3) is 0 Å². The van der Waals surface area contributed by atoms with Gasteiger partial charge >= 0.3 is 0 Å². The van der Waals surface area contributed by atoms with Crippen molar-refractivity contribution in [2.75, 3.05) is 0 Å². The Morgan fingerprint density at radius 1 is 1.44 bits per heavy atom. The first kappa shape index (κ1) is 6.79. The van der Waals surface area contributed by atoms with Crippen molar-refractivity contribution in [3.63, 3.8) is 0 Å². The third-order valence-electron chi connectivity index (χ3n) is 1.87. The van der Waals surface area contributed by atoms with E-state index in [2.05, 4.69) is 6.08 Å². The summed E-state index contributed by atoms with van der Waals surface area (Å²) in [4.78, 5) is 0. The van der Waals surface area contributed by atoms with Crippen LogP contribution in [-0.4, -0.2) is 6.17 Å². The van der Waals surface area contributed by atoms with E-state index >= 15 is 0 Å². The Bertz CT molecular complexity index is 107. The summed E-state index contributed by atoms with van der Waals surface area (Å²) >= 11 is 0. The molecule has 0 heterocycles. The molecule has 2 atom stereocenters. The van der Waals surface area contributed by atoms with Crippen LogP contribution in [0.5, 0.6) is 0 Å². The molecule has 0 nitrogen and oxygen atoms in total. The lowest BCUT2D eigenvalue weighted by Gasteiger charge is -1.97. The van der Waals surface area contributed by atoms with Crippen LogP contribution in [0.25, 0.3) is 0 Å². The zero-order chi connectivity index (χ0) is 6.69. The Morgan fingerprint density at radius 2 is 2.22 bits per heavy atom. The monoisotopic (exact) mass is 128 g/mol. The van der Waals surface area contributed by atoms with Crippen LogP contribution in [0.4, 0.5) is 4.39 Å². The zero-order valence-electron chi connectivity index (χ0n) is 5.81. The van der Waals surface area contributed by atoms with Gasteiger partial charge in [-0.2, -0.15) is 0 Å². The second kappa shape index (κ2) is 3.00. The van der Waals surface area contributed by atoms with Crippen LogP contribution in [0, 0.1) is 5.92 Å². The smallest absolute Gasteiger partial charge is 0.101 e. The predicted octanol–water partition coefficient (Wildman–Crippen LogP) is 2.70. The molecule has 0 spiro atoms. The molecular weight excluding hydrogens is 115 g/mol. The lowest BCUT2D eigenvalue weighted by Crippen LogP contribution is -1.91. The van der Waals surface area contributed by atoms with E-state index in [0.717, 1.165) is 19.3 Å². The molecule has 1 heteroatoms. The molecule has 0 radical (unpaired) electrons. The van der Waals surface area contributed by atoms with E-state index in [9.17, 15) is 4.39 Å². The molecule has 2 unspecified atom stereocenters. The Kier molecular flexibility index (Phi) is 2.26. The van der Waals surface area contributed by atoms with Gasteiger partial charge in [0.05, 0.1) is 0 Å². The molecule has 1 fully saturated rings. The molecule has 0 N–H and O–H groups in total. The van der Waals surface area contributed by atoms with Crippen LogP contribution >= 0.6 is 0 Å². The van der Waals surface area contributed by atoms with Crippen LogP contribution in [0.1, 0.15) is 26.2 Å². The molecular formula is C8H13F. The van der Waals surface area contributed by atoms with E-state index in [-0.39, 0.29) is 0 Å². The maximum atomic E-state index is 12.5. The standard InChI is InChI=1S/C8H13F/c1-2-3-7-4-5-8(9)6-7/h2-3,7-8H,4-6H2,1H3. The summed E-state index contributed by atoms with van der Waals surface area (Å²) in [6.45, 7) is 1.99. The average molecular weight is 128 g/mol. The second-order valence-electron chi connectivity index (χ2n) is 2.70. The third-order valence-corrected chi connectivity index (χ3v) is 1.87. The fourth-order valence-corrected chi connectivity index (χ4v) is 1.41.